The monoisotopic (exact) mass is 298 g/mol. The maximum atomic E-state index is 11.9. The average Bonchev–Trinajstić information content (AvgIpc) is 2.80. The standard InChI is InChI=1S/C12H11ClN2O3S/c1-2-18-11-5-6-15(12(17)14-11)7-8(16)9-3-4-10(13)19-9/h3-6H,2,7H2,1H3. The average molecular weight is 299 g/mol. The van der Waals surface area contributed by atoms with Gasteiger partial charge >= 0.3 is 5.69 Å². The number of Topliss-reactive ketones (excluding diaryl/α,β-unsaturated/α-hetero) is 1. The van der Waals surface area contributed by atoms with E-state index in [0.717, 1.165) is 0 Å². The van der Waals surface area contributed by atoms with Crippen molar-refractivity contribution in [2.45, 2.75) is 13.5 Å². The summed E-state index contributed by atoms with van der Waals surface area (Å²) in [6.45, 7) is 2.18. The van der Waals surface area contributed by atoms with Gasteiger partial charge in [0.05, 0.1) is 22.4 Å². The van der Waals surface area contributed by atoms with E-state index in [9.17, 15) is 9.59 Å². The van der Waals surface area contributed by atoms with Crippen LogP contribution in [-0.2, 0) is 6.54 Å². The summed E-state index contributed by atoms with van der Waals surface area (Å²) in [5.74, 6) is 0.0836. The Morgan fingerprint density at radius 2 is 2.26 bits per heavy atom. The molecule has 2 rings (SSSR count). The number of hydrogen-bond acceptors (Lipinski definition) is 5. The molecule has 2 heterocycles. The zero-order chi connectivity index (χ0) is 13.8. The Morgan fingerprint density at radius 1 is 1.47 bits per heavy atom. The van der Waals surface area contributed by atoms with Crippen molar-refractivity contribution in [1.82, 2.24) is 9.55 Å². The van der Waals surface area contributed by atoms with E-state index in [4.69, 9.17) is 16.3 Å². The molecule has 0 spiro atoms. The normalized spacial score (nSPS) is 10.4. The van der Waals surface area contributed by atoms with E-state index in [1.807, 2.05) is 0 Å². The van der Waals surface area contributed by atoms with Gasteiger partial charge in [-0.25, -0.2) is 4.79 Å². The first-order valence-electron chi connectivity index (χ1n) is 5.59. The Bertz CT molecular complexity index is 650. The predicted molar refractivity (Wildman–Crippen MR) is 73.3 cm³/mol. The quantitative estimate of drug-likeness (QED) is 0.794. The third kappa shape index (κ3) is 3.42. The highest BCUT2D eigenvalue weighted by atomic mass is 35.5. The molecular formula is C12H11ClN2O3S. The zero-order valence-corrected chi connectivity index (χ0v) is 11.7. The molecule has 2 aromatic heterocycles. The van der Waals surface area contributed by atoms with E-state index in [1.54, 1.807) is 25.1 Å². The SMILES string of the molecule is CCOc1ccn(CC(=O)c2ccc(Cl)s2)c(=O)n1. The first-order valence-corrected chi connectivity index (χ1v) is 6.78. The molecule has 2 aromatic rings. The molecule has 0 saturated heterocycles. The number of ether oxygens (including phenoxy) is 1. The van der Waals surface area contributed by atoms with E-state index in [-0.39, 0.29) is 18.2 Å². The van der Waals surface area contributed by atoms with Crippen LogP contribution in [0, 0.1) is 0 Å². The van der Waals surface area contributed by atoms with Crippen molar-refractivity contribution in [1.29, 1.82) is 0 Å². The molecule has 19 heavy (non-hydrogen) atoms. The van der Waals surface area contributed by atoms with Crippen LogP contribution in [0.25, 0.3) is 0 Å². The number of halogens is 1. The topological polar surface area (TPSA) is 61.2 Å². The Kier molecular flexibility index (Phi) is 4.34. The number of aromatic nitrogens is 2. The van der Waals surface area contributed by atoms with Crippen molar-refractivity contribution >= 4 is 28.7 Å². The van der Waals surface area contributed by atoms with Crippen molar-refractivity contribution < 1.29 is 9.53 Å². The molecule has 0 aromatic carbocycles. The molecule has 0 unspecified atom stereocenters. The van der Waals surface area contributed by atoms with Crippen molar-refractivity contribution in [2.24, 2.45) is 0 Å². The van der Waals surface area contributed by atoms with Crippen LogP contribution in [-0.4, -0.2) is 21.9 Å². The molecule has 0 aliphatic heterocycles. The van der Waals surface area contributed by atoms with E-state index >= 15 is 0 Å². The summed E-state index contributed by atoms with van der Waals surface area (Å²) in [6, 6.07) is 4.85. The number of rotatable bonds is 5. The predicted octanol–water partition coefficient (Wildman–Crippen LogP) is 2.24. The van der Waals surface area contributed by atoms with Gasteiger partial charge < -0.3 is 4.74 Å². The van der Waals surface area contributed by atoms with Crippen molar-refractivity contribution in [3.8, 4) is 5.88 Å². The van der Waals surface area contributed by atoms with Crippen LogP contribution in [0.15, 0.2) is 29.2 Å². The summed E-state index contributed by atoms with van der Waals surface area (Å²) in [4.78, 5) is 27.9. The number of ketones is 1. The van der Waals surface area contributed by atoms with Crippen molar-refractivity contribution in [3.63, 3.8) is 0 Å². The van der Waals surface area contributed by atoms with Crippen LogP contribution < -0.4 is 10.4 Å². The minimum Gasteiger partial charge on any atom is -0.478 e. The molecule has 100 valence electrons. The smallest absolute Gasteiger partial charge is 0.351 e. The van der Waals surface area contributed by atoms with Crippen LogP contribution >= 0.6 is 22.9 Å². The van der Waals surface area contributed by atoms with E-state index in [1.165, 1.54) is 22.1 Å². The zero-order valence-electron chi connectivity index (χ0n) is 10.1. The Morgan fingerprint density at radius 3 is 2.84 bits per heavy atom. The summed E-state index contributed by atoms with van der Waals surface area (Å²) in [5.41, 5.74) is -0.512. The number of thiophene rings is 1. The van der Waals surface area contributed by atoms with Gasteiger partial charge in [0.15, 0.2) is 5.78 Å². The highest BCUT2D eigenvalue weighted by molar-refractivity contribution is 7.18. The third-order valence-electron chi connectivity index (χ3n) is 2.30. The van der Waals surface area contributed by atoms with Gasteiger partial charge in [-0.1, -0.05) is 11.6 Å². The largest absolute Gasteiger partial charge is 0.478 e. The first-order chi connectivity index (χ1) is 9.10. The summed E-state index contributed by atoms with van der Waals surface area (Å²) >= 11 is 6.95. The fraction of sp³-hybridized carbons (Fsp3) is 0.250. The number of nitrogens with zero attached hydrogens (tertiary/aromatic N) is 2. The van der Waals surface area contributed by atoms with E-state index in [2.05, 4.69) is 4.98 Å². The minimum atomic E-state index is -0.512. The molecule has 0 N–H and O–H groups in total. The second-order valence-corrected chi connectivity index (χ2v) is 5.35. The Hall–Kier alpha value is -1.66. The maximum absolute atomic E-state index is 11.9. The third-order valence-corrected chi connectivity index (χ3v) is 3.57. The number of hydrogen-bond donors (Lipinski definition) is 0. The van der Waals surface area contributed by atoms with Crippen LogP contribution in [0.5, 0.6) is 5.88 Å². The van der Waals surface area contributed by atoms with Gasteiger partial charge in [0.2, 0.25) is 5.88 Å². The molecule has 0 aliphatic carbocycles. The summed E-state index contributed by atoms with van der Waals surface area (Å²) < 4.78 is 6.89. The lowest BCUT2D eigenvalue weighted by Crippen LogP contribution is -2.26. The van der Waals surface area contributed by atoms with Gasteiger partial charge in [-0.05, 0) is 19.1 Å². The van der Waals surface area contributed by atoms with Crippen LogP contribution in [0.3, 0.4) is 0 Å². The van der Waals surface area contributed by atoms with Gasteiger partial charge in [0.1, 0.15) is 0 Å². The molecule has 0 aliphatic rings. The maximum Gasteiger partial charge on any atom is 0.351 e. The summed E-state index contributed by atoms with van der Waals surface area (Å²) in [5, 5.41) is 0. The van der Waals surface area contributed by atoms with Gasteiger partial charge in [-0.15, -0.1) is 11.3 Å². The molecule has 0 bridgehead atoms. The molecule has 0 atom stereocenters. The number of carbonyl (C=O) groups excluding carboxylic acids is 1. The lowest BCUT2D eigenvalue weighted by molar-refractivity contribution is 0.0974. The highest BCUT2D eigenvalue weighted by Gasteiger charge is 2.11. The fourth-order valence-corrected chi connectivity index (χ4v) is 2.43. The van der Waals surface area contributed by atoms with Gasteiger partial charge in [-0.2, -0.15) is 4.98 Å². The molecule has 0 saturated carbocycles. The molecule has 5 nitrogen and oxygen atoms in total. The second kappa shape index (κ2) is 5.99. The lowest BCUT2D eigenvalue weighted by atomic mass is 10.3. The lowest BCUT2D eigenvalue weighted by Gasteiger charge is -2.05. The highest BCUT2D eigenvalue weighted by Crippen LogP contribution is 2.21. The van der Waals surface area contributed by atoms with Crippen molar-refractivity contribution in [2.75, 3.05) is 6.61 Å². The molecule has 7 heteroatoms. The van der Waals surface area contributed by atoms with Gasteiger partial charge in [0, 0.05) is 12.3 Å². The van der Waals surface area contributed by atoms with E-state index in [0.29, 0.717) is 15.8 Å². The molecular weight excluding hydrogens is 288 g/mol. The fourth-order valence-electron chi connectivity index (χ4n) is 1.46. The Labute approximate surface area is 118 Å². The van der Waals surface area contributed by atoms with Crippen LogP contribution in [0.1, 0.15) is 16.6 Å². The van der Waals surface area contributed by atoms with Gasteiger partial charge in [0.25, 0.3) is 0 Å². The molecule has 0 fully saturated rings. The molecule has 0 amide bonds. The minimum absolute atomic E-state index is 0.0604. The summed E-state index contributed by atoms with van der Waals surface area (Å²) in [6.07, 6.45) is 1.49. The van der Waals surface area contributed by atoms with Crippen molar-refractivity contribution in [3.05, 3.63) is 44.1 Å². The van der Waals surface area contributed by atoms with E-state index < -0.39 is 5.69 Å². The Balaban J connectivity index is 2.15. The summed E-state index contributed by atoms with van der Waals surface area (Å²) in [7, 11) is 0. The van der Waals surface area contributed by atoms with Crippen LogP contribution in [0.4, 0.5) is 0 Å². The number of carbonyl (C=O) groups is 1. The van der Waals surface area contributed by atoms with Gasteiger partial charge in [-0.3, -0.25) is 9.36 Å². The first kappa shape index (κ1) is 13.8. The second-order valence-electron chi connectivity index (χ2n) is 3.64. The van der Waals surface area contributed by atoms with Crippen LogP contribution in [0.2, 0.25) is 4.34 Å². The molecule has 0 radical (unpaired) electrons.